The molecule has 0 aromatic heterocycles. The molecule has 0 saturated heterocycles. The van der Waals surface area contributed by atoms with Gasteiger partial charge in [-0.2, -0.15) is 0 Å². The maximum Gasteiger partial charge on any atom is 0.364 e. The molecule has 0 fully saturated rings. The van der Waals surface area contributed by atoms with E-state index in [0.717, 1.165) is 0 Å². The predicted octanol–water partition coefficient (Wildman–Crippen LogP) is 5.45. The van der Waals surface area contributed by atoms with E-state index in [-0.39, 0.29) is 6.61 Å². The summed E-state index contributed by atoms with van der Waals surface area (Å²) >= 11 is 0. The molecule has 0 aromatic carbocycles. The van der Waals surface area contributed by atoms with Crippen LogP contribution in [-0.2, 0) is 31.7 Å². The van der Waals surface area contributed by atoms with Crippen LogP contribution in [0.25, 0.3) is 0 Å². The molecule has 0 rings (SSSR count). The molecule has 0 aliphatic carbocycles. The zero-order valence-electron chi connectivity index (χ0n) is 23.8. The van der Waals surface area contributed by atoms with Crippen molar-refractivity contribution >= 4 is 53.3 Å². The number of ketones is 1. The van der Waals surface area contributed by atoms with E-state index in [1.807, 2.05) is 39.3 Å². The molecule has 0 bridgehead atoms. The van der Waals surface area contributed by atoms with E-state index < -0.39 is 71.7 Å². The zero-order chi connectivity index (χ0) is 26.6. The molecular formula is C21H50O7Si5. The van der Waals surface area contributed by atoms with Crippen LogP contribution >= 0.6 is 0 Å². The molecule has 0 aliphatic heterocycles. The molecule has 12 heteroatoms. The average Bonchev–Trinajstić information content (AvgIpc) is 2.48. The normalized spacial score (nSPS) is 16.8. The number of hydrogen-bond acceptors (Lipinski definition) is 7. The Hall–Kier alpha value is 0.0644. The van der Waals surface area contributed by atoms with Gasteiger partial charge in [0.1, 0.15) is 12.2 Å². The fourth-order valence-electron chi connectivity index (χ4n) is 2.82. The fraction of sp³-hybridized carbons (Fsp3) is 0.905. The highest BCUT2D eigenvalue weighted by molar-refractivity contribution is 6.73. The highest BCUT2D eigenvalue weighted by Gasteiger charge is 2.46. The molecule has 0 radical (unpaired) electrons. The molecule has 0 aromatic rings. The standard InChI is InChI=1S/C21H50O7Si5/c1-29(2,3)24-16-17(25-30(4,5)6)19(26-31(7,8)9)20(27-32(10,11)12)18(22)21(23)28-33(13,14)15/h17,19-20H,16H2,1-15H3. The van der Waals surface area contributed by atoms with Crippen LogP contribution in [0.5, 0.6) is 0 Å². The Morgan fingerprint density at radius 3 is 1.33 bits per heavy atom. The summed E-state index contributed by atoms with van der Waals surface area (Å²) in [6.07, 6.45) is -2.38. The summed E-state index contributed by atoms with van der Waals surface area (Å²) in [4.78, 5) is 26.4. The summed E-state index contributed by atoms with van der Waals surface area (Å²) in [6.45, 7) is 30.7. The van der Waals surface area contributed by atoms with Gasteiger partial charge in [0, 0.05) is 0 Å². The molecule has 0 heterocycles. The minimum Gasteiger partial charge on any atom is -0.514 e. The van der Waals surface area contributed by atoms with Crippen LogP contribution in [0.15, 0.2) is 0 Å². The Bertz CT molecular complexity index is 652. The van der Waals surface area contributed by atoms with E-state index >= 15 is 0 Å². The van der Waals surface area contributed by atoms with Gasteiger partial charge in [-0.05, 0) is 98.2 Å². The van der Waals surface area contributed by atoms with Crippen molar-refractivity contribution in [3.05, 3.63) is 0 Å². The minimum atomic E-state index is -2.26. The quantitative estimate of drug-likeness (QED) is 0.209. The third-order valence-electron chi connectivity index (χ3n) is 3.68. The van der Waals surface area contributed by atoms with E-state index in [2.05, 4.69) is 58.9 Å². The summed E-state index contributed by atoms with van der Waals surface area (Å²) in [5.74, 6) is -1.54. The predicted molar refractivity (Wildman–Crippen MR) is 148 cm³/mol. The van der Waals surface area contributed by atoms with Gasteiger partial charge in [0.2, 0.25) is 8.32 Å². The zero-order valence-corrected chi connectivity index (χ0v) is 28.8. The van der Waals surface area contributed by atoms with E-state index in [0.29, 0.717) is 0 Å². The first-order valence-electron chi connectivity index (χ1n) is 11.7. The van der Waals surface area contributed by atoms with Crippen LogP contribution in [0.1, 0.15) is 0 Å². The summed E-state index contributed by atoms with van der Waals surface area (Å²) in [6, 6.07) is 0. The number of hydrogen-bond donors (Lipinski definition) is 0. The van der Waals surface area contributed by atoms with Crippen LogP contribution < -0.4 is 0 Å². The first kappa shape index (κ1) is 33.1. The number of carbonyl (C=O) groups excluding carboxylic acids is 2. The van der Waals surface area contributed by atoms with Crippen LogP contribution in [0.4, 0.5) is 0 Å². The highest BCUT2D eigenvalue weighted by atomic mass is 28.4. The van der Waals surface area contributed by atoms with Gasteiger partial charge < -0.3 is 22.1 Å². The third-order valence-corrected chi connectivity index (χ3v) is 8.46. The molecule has 0 N–H and O–H groups in total. The second-order valence-corrected chi connectivity index (χ2v) is 35.7. The lowest BCUT2D eigenvalue weighted by atomic mass is 10.1. The molecule has 33 heavy (non-hydrogen) atoms. The number of rotatable bonds is 14. The maximum absolute atomic E-state index is 13.5. The molecule has 7 nitrogen and oxygen atoms in total. The topological polar surface area (TPSA) is 80.3 Å². The lowest BCUT2D eigenvalue weighted by Gasteiger charge is -2.41. The third kappa shape index (κ3) is 16.4. The van der Waals surface area contributed by atoms with Gasteiger partial charge in [0.25, 0.3) is 5.78 Å². The first-order chi connectivity index (χ1) is 14.3. The molecule has 3 atom stereocenters. The van der Waals surface area contributed by atoms with Crippen molar-refractivity contribution in [3.8, 4) is 0 Å². The van der Waals surface area contributed by atoms with Crippen molar-refractivity contribution in [2.45, 2.75) is 117 Å². The van der Waals surface area contributed by atoms with Crippen LogP contribution in [-0.4, -0.2) is 78.3 Å². The number of carbonyl (C=O) groups is 2. The van der Waals surface area contributed by atoms with Crippen LogP contribution in [0.2, 0.25) is 98.2 Å². The molecule has 0 amide bonds. The lowest BCUT2D eigenvalue weighted by Crippen LogP contribution is -2.58. The Morgan fingerprint density at radius 2 is 1.00 bits per heavy atom. The van der Waals surface area contributed by atoms with Crippen molar-refractivity contribution in [2.75, 3.05) is 6.61 Å². The van der Waals surface area contributed by atoms with Crippen molar-refractivity contribution in [1.82, 2.24) is 0 Å². The molecule has 3 unspecified atom stereocenters. The van der Waals surface area contributed by atoms with E-state index in [1.165, 1.54) is 0 Å². The molecule has 0 saturated carbocycles. The summed E-state index contributed by atoms with van der Waals surface area (Å²) < 4.78 is 31.3. The van der Waals surface area contributed by atoms with Crippen LogP contribution in [0, 0.1) is 0 Å². The van der Waals surface area contributed by atoms with E-state index in [1.54, 1.807) is 0 Å². The van der Waals surface area contributed by atoms with Crippen molar-refractivity contribution < 1.29 is 31.7 Å². The molecule has 0 spiro atoms. The largest absolute Gasteiger partial charge is 0.514 e. The Morgan fingerprint density at radius 1 is 0.576 bits per heavy atom. The molecule has 0 aliphatic rings. The monoisotopic (exact) mass is 554 g/mol. The Labute approximate surface area is 207 Å². The second-order valence-electron chi connectivity index (χ2n) is 13.4. The first-order valence-corrected chi connectivity index (χ1v) is 28.8. The average molecular weight is 555 g/mol. The highest BCUT2D eigenvalue weighted by Crippen LogP contribution is 2.26. The fourth-order valence-corrected chi connectivity index (χ4v) is 7.34. The van der Waals surface area contributed by atoms with E-state index in [4.69, 9.17) is 22.1 Å². The summed E-state index contributed by atoms with van der Waals surface area (Å²) in [7, 11) is -10.6. The SMILES string of the molecule is C[Si](C)(C)OCC(O[Si](C)(C)C)C(O[Si](C)(C)C)C(O[Si](C)(C)C)C(=O)C(=O)O[Si](C)(C)C. The minimum absolute atomic E-state index is 0.289. The molecule has 196 valence electrons. The van der Waals surface area contributed by atoms with Crippen molar-refractivity contribution in [2.24, 2.45) is 0 Å². The van der Waals surface area contributed by atoms with Crippen molar-refractivity contribution in [3.63, 3.8) is 0 Å². The maximum atomic E-state index is 13.5. The van der Waals surface area contributed by atoms with Gasteiger partial charge in [0.15, 0.2) is 33.3 Å². The smallest absolute Gasteiger partial charge is 0.364 e. The van der Waals surface area contributed by atoms with Gasteiger partial charge >= 0.3 is 5.97 Å². The van der Waals surface area contributed by atoms with Gasteiger partial charge in [-0.1, -0.05) is 0 Å². The van der Waals surface area contributed by atoms with E-state index in [9.17, 15) is 9.59 Å². The van der Waals surface area contributed by atoms with Gasteiger partial charge in [0.05, 0.1) is 12.7 Å². The summed E-state index contributed by atoms with van der Waals surface area (Å²) in [5.41, 5.74) is 0. The molecular weight excluding hydrogens is 505 g/mol. The Kier molecular flexibility index (Phi) is 11.9. The lowest BCUT2D eigenvalue weighted by molar-refractivity contribution is -0.156. The number of Topliss-reactive ketones (excluding diaryl/α,β-unsaturated/α-hetero) is 1. The summed E-state index contributed by atoms with van der Waals surface area (Å²) in [5, 5.41) is 0. The van der Waals surface area contributed by atoms with Crippen LogP contribution in [0.3, 0.4) is 0 Å². The van der Waals surface area contributed by atoms with Gasteiger partial charge in [-0.3, -0.25) is 4.79 Å². The van der Waals surface area contributed by atoms with Crippen molar-refractivity contribution in [1.29, 1.82) is 0 Å². The Balaban J connectivity index is 6.50. The second kappa shape index (κ2) is 11.9. The van der Waals surface area contributed by atoms with Gasteiger partial charge in [-0.25, -0.2) is 4.79 Å². The van der Waals surface area contributed by atoms with Gasteiger partial charge in [-0.15, -0.1) is 0 Å².